The first-order valence-corrected chi connectivity index (χ1v) is 16.9. The molecule has 50 heavy (non-hydrogen) atoms. The molecular weight excluding hydrogens is 642 g/mol. The molecule has 2 saturated heterocycles. The quantitative estimate of drug-likeness (QED) is 0.166. The van der Waals surface area contributed by atoms with Crippen LogP contribution in [0.1, 0.15) is 72.9 Å². The van der Waals surface area contributed by atoms with Gasteiger partial charge in [0.05, 0.1) is 14.2 Å². The normalized spacial score (nSPS) is 20.1. The number of benzene rings is 4. The molecule has 0 aromatic heterocycles. The number of esters is 2. The molecule has 2 heterocycles. The van der Waals surface area contributed by atoms with Crippen molar-refractivity contribution in [1.82, 2.24) is 10.6 Å². The summed E-state index contributed by atoms with van der Waals surface area (Å²) in [7, 11) is 2.82. The highest BCUT2D eigenvalue weighted by Gasteiger charge is 2.29. The van der Waals surface area contributed by atoms with Crippen LogP contribution in [0.4, 0.5) is 8.78 Å². The number of ether oxygens (including phenoxy) is 4. The zero-order chi connectivity index (χ0) is 35.3. The summed E-state index contributed by atoms with van der Waals surface area (Å²) >= 11 is 0. The van der Waals surface area contributed by atoms with Gasteiger partial charge >= 0.3 is 11.9 Å². The van der Waals surface area contributed by atoms with Crippen LogP contribution in [0, 0.1) is 11.6 Å². The third kappa shape index (κ3) is 10.1. The van der Waals surface area contributed by atoms with Crippen LogP contribution < -0.4 is 20.1 Å². The Morgan fingerprint density at radius 3 is 1.32 bits per heavy atom. The average molecular weight is 687 g/mol. The van der Waals surface area contributed by atoms with Crippen molar-refractivity contribution in [2.24, 2.45) is 0 Å². The monoisotopic (exact) mass is 686 g/mol. The first kappa shape index (κ1) is 36.5. The lowest BCUT2D eigenvalue weighted by atomic mass is 9.93. The maximum Gasteiger partial charge on any atom is 0.322 e. The van der Waals surface area contributed by atoms with Gasteiger partial charge in [0, 0.05) is 23.2 Å². The van der Waals surface area contributed by atoms with Gasteiger partial charge in [0.2, 0.25) is 0 Å². The molecule has 8 nitrogen and oxygen atoms in total. The van der Waals surface area contributed by atoms with Crippen molar-refractivity contribution >= 4 is 11.9 Å². The highest BCUT2D eigenvalue weighted by atomic mass is 19.1. The zero-order valence-corrected chi connectivity index (χ0v) is 28.4. The first-order valence-electron chi connectivity index (χ1n) is 16.9. The molecule has 0 spiro atoms. The maximum atomic E-state index is 13.6. The van der Waals surface area contributed by atoms with Crippen molar-refractivity contribution in [1.29, 1.82) is 0 Å². The van der Waals surface area contributed by atoms with Crippen LogP contribution in [-0.2, 0) is 32.3 Å². The van der Waals surface area contributed by atoms with Crippen molar-refractivity contribution in [2.75, 3.05) is 14.2 Å². The Kier molecular flexibility index (Phi) is 13.3. The lowest BCUT2D eigenvalue weighted by molar-refractivity contribution is -0.144. The minimum atomic E-state index is -0.264. The van der Waals surface area contributed by atoms with E-state index in [0.29, 0.717) is 22.6 Å². The van der Waals surface area contributed by atoms with Gasteiger partial charge < -0.3 is 18.9 Å². The fourth-order valence-corrected chi connectivity index (χ4v) is 6.20. The lowest BCUT2D eigenvalue weighted by Gasteiger charge is -2.29. The van der Waals surface area contributed by atoms with Gasteiger partial charge in [-0.3, -0.25) is 20.2 Å². The molecule has 2 aliphatic heterocycles. The molecule has 2 fully saturated rings. The molecule has 2 N–H and O–H groups in total. The van der Waals surface area contributed by atoms with Gasteiger partial charge in [0.1, 0.15) is 48.4 Å². The summed E-state index contributed by atoms with van der Waals surface area (Å²) in [5, 5.41) is 6.68. The van der Waals surface area contributed by atoms with E-state index in [4.69, 9.17) is 18.9 Å². The predicted octanol–water partition coefficient (Wildman–Crippen LogP) is 7.52. The SMILES string of the molecule is COC(=O)[C@@H]1CCC[C@H](c2ccc(OCc3ccccc3F)cc2)N1.COC(=O)[C@H]1CCC[C@@H](c2ccc(OCc3ccccc3F)cc2)N1. The summed E-state index contributed by atoms with van der Waals surface area (Å²) in [6.45, 7) is 0.385. The van der Waals surface area contributed by atoms with E-state index in [1.54, 1.807) is 36.4 Å². The van der Waals surface area contributed by atoms with Crippen molar-refractivity contribution in [3.63, 3.8) is 0 Å². The minimum absolute atomic E-state index is 0.124. The van der Waals surface area contributed by atoms with Gasteiger partial charge in [-0.1, -0.05) is 60.7 Å². The average Bonchev–Trinajstić information content (AvgIpc) is 3.17. The predicted molar refractivity (Wildman–Crippen MR) is 185 cm³/mol. The number of halogens is 2. The van der Waals surface area contributed by atoms with Crippen LogP contribution in [0.3, 0.4) is 0 Å². The van der Waals surface area contributed by atoms with E-state index in [2.05, 4.69) is 10.6 Å². The number of rotatable bonds is 10. The summed E-state index contributed by atoms with van der Waals surface area (Å²) in [5.41, 5.74) is 3.27. The first-order chi connectivity index (χ1) is 24.3. The molecule has 4 aromatic carbocycles. The van der Waals surface area contributed by atoms with Crippen LogP contribution in [-0.4, -0.2) is 38.2 Å². The highest BCUT2D eigenvalue weighted by Crippen LogP contribution is 2.29. The molecule has 4 aromatic rings. The van der Waals surface area contributed by atoms with Crippen LogP contribution in [0.2, 0.25) is 0 Å². The molecule has 2 aliphatic rings. The number of methoxy groups -OCH3 is 2. The summed E-state index contributed by atoms with van der Waals surface area (Å²) in [4.78, 5) is 23.4. The Morgan fingerprint density at radius 2 is 0.960 bits per heavy atom. The number of nitrogens with one attached hydrogen (secondary N) is 2. The maximum absolute atomic E-state index is 13.6. The Labute approximate surface area is 292 Å². The summed E-state index contributed by atoms with van der Waals surface area (Å²) in [6.07, 6.45) is 5.50. The van der Waals surface area contributed by atoms with Gasteiger partial charge in [-0.15, -0.1) is 0 Å². The Hall–Kier alpha value is -4.80. The van der Waals surface area contributed by atoms with Crippen molar-refractivity contribution in [2.45, 2.75) is 75.9 Å². The fourth-order valence-electron chi connectivity index (χ4n) is 6.20. The van der Waals surface area contributed by atoms with Crippen LogP contribution >= 0.6 is 0 Å². The van der Waals surface area contributed by atoms with E-state index in [0.717, 1.165) is 49.7 Å². The Morgan fingerprint density at radius 1 is 0.580 bits per heavy atom. The Balaban J connectivity index is 0.000000194. The second kappa shape index (κ2) is 18.3. The number of hydrogen-bond donors (Lipinski definition) is 2. The van der Waals surface area contributed by atoms with Gasteiger partial charge in [0.25, 0.3) is 0 Å². The van der Waals surface area contributed by atoms with Crippen molar-refractivity contribution in [3.05, 3.63) is 131 Å². The van der Waals surface area contributed by atoms with Crippen molar-refractivity contribution < 1.29 is 37.3 Å². The second-order valence-corrected chi connectivity index (χ2v) is 12.4. The molecule has 4 atom stereocenters. The van der Waals surface area contributed by atoms with Crippen molar-refractivity contribution in [3.8, 4) is 11.5 Å². The summed E-state index contributed by atoms with van der Waals surface area (Å²) < 4.78 is 48.2. The zero-order valence-electron chi connectivity index (χ0n) is 28.4. The third-order valence-electron chi connectivity index (χ3n) is 9.02. The van der Waals surface area contributed by atoms with E-state index in [-0.39, 0.29) is 61.0 Å². The summed E-state index contributed by atoms with van der Waals surface area (Å²) in [6, 6.07) is 28.3. The smallest absolute Gasteiger partial charge is 0.322 e. The van der Waals surface area contributed by atoms with Gasteiger partial charge in [-0.25, -0.2) is 8.78 Å². The molecule has 10 heteroatoms. The lowest BCUT2D eigenvalue weighted by Crippen LogP contribution is -2.43. The van der Waals surface area contributed by atoms with E-state index in [1.165, 1.54) is 26.4 Å². The molecule has 264 valence electrons. The van der Waals surface area contributed by atoms with Crippen LogP contribution in [0.15, 0.2) is 97.1 Å². The highest BCUT2D eigenvalue weighted by molar-refractivity contribution is 5.76. The third-order valence-corrected chi connectivity index (χ3v) is 9.02. The fraction of sp³-hybridized carbons (Fsp3) is 0.350. The topological polar surface area (TPSA) is 95.1 Å². The molecule has 0 saturated carbocycles. The molecule has 0 aliphatic carbocycles. The van der Waals surface area contributed by atoms with Crippen LogP contribution in [0.5, 0.6) is 11.5 Å². The largest absolute Gasteiger partial charge is 0.489 e. The van der Waals surface area contributed by atoms with Gasteiger partial charge in [-0.05, 0) is 86.1 Å². The van der Waals surface area contributed by atoms with Gasteiger partial charge in [-0.2, -0.15) is 0 Å². The molecule has 0 unspecified atom stereocenters. The molecule has 6 rings (SSSR count). The number of hydrogen-bond acceptors (Lipinski definition) is 8. The van der Waals surface area contributed by atoms with E-state index in [1.807, 2.05) is 48.5 Å². The van der Waals surface area contributed by atoms with Gasteiger partial charge in [0.15, 0.2) is 0 Å². The molecule has 0 bridgehead atoms. The molecule has 0 amide bonds. The molecule has 0 radical (unpaired) electrons. The standard InChI is InChI=1S/2C20H22FNO3/c2*1-24-20(23)19-8-4-7-18(22-19)14-9-11-16(12-10-14)25-13-15-5-2-3-6-17(15)21/h2*2-3,5-6,9-12,18-19,22H,4,7-8,13H2,1H3/t2*18-,19+/m10/s1. The number of piperidine rings is 2. The van der Waals surface area contributed by atoms with E-state index in [9.17, 15) is 18.4 Å². The number of carbonyl (C=O) groups is 2. The molecular formula is C40H44F2N2O6. The Bertz CT molecular complexity index is 1560. The second-order valence-electron chi connectivity index (χ2n) is 12.4. The van der Waals surface area contributed by atoms with Crippen LogP contribution in [0.25, 0.3) is 0 Å². The van der Waals surface area contributed by atoms with E-state index >= 15 is 0 Å². The summed E-state index contributed by atoms with van der Waals surface area (Å²) in [5.74, 6) is 0.419. The number of carbonyl (C=O) groups excluding carboxylic acids is 2. The van der Waals surface area contributed by atoms with E-state index < -0.39 is 0 Å². The minimum Gasteiger partial charge on any atom is -0.489 e.